The van der Waals surface area contributed by atoms with Crippen molar-refractivity contribution in [1.82, 2.24) is 14.9 Å². The summed E-state index contributed by atoms with van der Waals surface area (Å²) in [5, 5.41) is 11.1. The van der Waals surface area contributed by atoms with Crippen molar-refractivity contribution in [1.29, 1.82) is 0 Å². The summed E-state index contributed by atoms with van der Waals surface area (Å²) in [6.07, 6.45) is -3.61. The third-order valence-electron chi connectivity index (χ3n) is 5.91. The minimum absolute atomic E-state index is 0.0420. The predicted molar refractivity (Wildman–Crippen MR) is 135 cm³/mol. The Balaban J connectivity index is 1.79. The molecule has 0 bridgehead atoms. The van der Waals surface area contributed by atoms with Gasteiger partial charge in [-0.05, 0) is 61.1 Å². The molecule has 0 aliphatic rings. The third kappa shape index (κ3) is 7.25. The number of halogens is 3. The number of aryl methyl sites for hydroxylation is 2. The normalized spacial score (nSPS) is 12.6. The first-order valence-corrected chi connectivity index (χ1v) is 12.3. The summed E-state index contributed by atoms with van der Waals surface area (Å²) in [6, 6.07) is 10.6. The fourth-order valence-corrected chi connectivity index (χ4v) is 4.35. The average Bonchev–Trinajstić information content (AvgIpc) is 3.14. The number of amides is 1. The number of benzene rings is 2. The van der Waals surface area contributed by atoms with Gasteiger partial charge < -0.3 is 15.0 Å². The second kappa shape index (κ2) is 11.8. The van der Waals surface area contributed by atoms with Crippen LogP contribution >= 0.6 is 12.6 Å². The Kier molecular flexibility index (Phi) is 9.05. The largest absolute Gasteiger partial charge is 0.478 e. The molecule has 36 heavy (non-hydrogen) atoms. The maximum absolute atomic E-state index is 12.4. The summed E-state index contributed by atoms with van der Waals surface area (Å²) < 4.78 is 39.2. The zero-order chi connectivity index (χ0) is 26.5. The Morgan fingerprint density at radius 2 is 1.86 bits per heavy atom. The van der Waals surface area contributed by atoms with E-state index in [9.17, 15) is 22.8 Å². The molecule has 1 unspecified atom stereocenters. The first-order valence-electron chi connectivity index (χ1n) is 11.8. The fraction of sp³-hybridized carbons (Fsp3) is 0.423. The second-order valence-corrected chi connectivity index (χ2v) is 9.51. The molecule has 2 N–H and O–H groups in total. The Bertz CT molecular complexity index is 1220. The molecule has 0 aliphatic heterocycles. The number of carboxylic acid groups (broad SMARTS) is 1. The number of rotatable bonds is 11. The van der Waals surface area contributed by atoms with E-state index >= 15 is 0 Å². The zero-order valence-corrected chi connectivity index (χ0v) is 21.1. The van der Waals surface area contributed by atoms with Gasteiger partial charge >= 0.3 is 12.1 Å². The van der Waals surface area contributed by atoms with E-state index in [1.54, 1.807) is 24.3 Å². The van der Waals surface area contributed by atoms with Crippen LogP contribution in [-0.2, 0) is 24.3 Å². The lowest BCUT2D eigenvalue weighted by Crippen LogP contribution is -2.31. The van der Waals surface area contributed by atoms with Gasteiger partial charge in [0.25, 0.3) is 0 Å². The van der Waals surface area contributed by atoms with Crippen molar-refractivity contribution in [3.05, 3.63) is 64.5 Å². The Labute approximate surface area is 213 Å². The summed E-state index contributed by atoms with van der Waals surface area (Å²) in [6.45, 7) is 4.75. The molecular weight excluding hydrogens is 491 g/mol. The van der Waals surface area contributed by atoms with Gasteiger partial charge in [0.05, 0.1) is 21.8 Å². The van der Waals surface area contributed by atoms with E-state index in [0.29, 0.717) is 6.54 Å². The molecule has 1 aromatic heterocycles. The van der Waals surface area contributed by atoms with Crippen LogP contribution in [0.2, 0.25) is 0 Å². The molecule has 0 saturated carbocycles. The van der Waals surface area contributed by atoms with Gasteiger partial charge in [-0.25, -0.2) is 9.78 Å². The first kappa shape index (κ1) is 27.6. The van der Waals surface area contributed by atoms with Crippen molar-refractivity contribution >= 4 is 35.5 Å². The molecule has 10 heteroatoms. The van der Waals surface area contributed by atoms with E-state index in [2.05, 4.69) is 29.4 Å². The molecule has 0 fully saturated rings. The lowest BCUT2D eigenvalue weighted by Gasteiger charge is -2.14. The number of carbonyl (C=O) groups excluding carboxylic acids is 1. The molecule has 0 radical (unpaired) electrons. The maximum Gasteiger partial charge on any atom is 0.389 e. The topological polar surface area (TPSA) is 84.2 Å². The molecule has 194 valence electrons. The summed E-state index contributed by atoms with van der Waals surface area (Å²) in [5.41, 5.74) is 4.70. The molecule has 1 heterocycles. The number of carbonyl (C=O) groups is 2. The molecule has 1 amide bonds. The van der Waals surface area contributed by atoms with E-state index in [4.69, 9.17) is 10.1 Å². The molecular formula is C26H30F3N3O3S. The van der Waals surface area contributed by atoms with Crippen LogP contribution in [0, 0.1) is 6.92 Å². The highest BCUT2D eigenvalue weighted by Gasteiger charge is 2.27. The van der Waals surface area contributed by atoms with E-state index in [1.807, 2.05) is 19.1 Å². The quantitative estimate of drug-likeness (QED) is 0.283. The SMILES string of the molecule is CCCc1nc2c(C)cc(CNC(=O)C(S)CCCC(F)(F)F)cc2n1Cc1ccc(C(=O)O)cc1. The number of nitrogens with one attached hydrogen (secondary N) is 1. The lowest BCUT2D eigenvalue weighted by molar-refractivity contribution is -0.136. The molecule has 2 aromatic carbocycles. The van der Waals surface area contributed by atoms with Crippen LogP contribution in [0.3, 0.4) is 0 Å². The monoisotopic (exact) mass is 521 g/mol. The van der Waals surface area contributed by atoms with Crippen molar-refractivity contribution < 1.29 is 27.9 Å². The van der Waals surface area contributed by atoms with Crippen molar-refractivity contribution in [3.63, 3.8) is 0 Å². The van der Waals surface area contributed by atoms with Crippen LogP contribution in [0.5, 0.6) is 0 Å². The van der Waals surface area contributed by atoms with Gasteiger partial charge in [0.1, 0.15) is 5.82 Å². The number of fused-ring (bicyclic) bond motifs is 1. The number of carboxylic acids is 1. The highest BCUT2D eigenvalue weighted by molar-refractivity contribution is 7.81. The highest BCUT2D eigenvalue weighted by atomic mass is 32.1. The van der Waals surface area contributed by atoms with Gasteiger partial charge in [-0.15, -0.1) is 0 Å². The van der Waals surface area contributed by atoms with Crippen LogP contribution in [-0.4, -0.2) is 38.0 Å². The minimum atomic E-state index is -4.24. The average molecular weight is 522 g/mol. The number of aromatic carboxylic acids is 1. The van der Waals surface area contributed by atoms with Gasteiger partial charge in [0, 0.05) is 25.9 Å². The van der Waals surface area contributed by atoms with Crippen LogP contribution in [0.1, 0.15) is 65.5 Å². The van der Waals surface area contributed by atoms with Crippen LogP contribution in [0.15, 0.2) is 36.4 Å². The zero-order valence-electron chi connectivity index (χ0n) is 20.2. The number of aromatic nitrogens is 2. The summed E-state index contributed by atoms with van der Waals surface area (Å²) in [5.74, 6) is -0.469. The van der Waals surface area contributed by atoms with Crippen LogP contribution in [0.25, 0.3) is 11.0 Å². The van der Waals surface area contributed by atoms with Crippen molar-refractivity contribution in [2.75, 3.05) is 0 Å². The van der Waals surface area contributed by atoms with Crippen molar-refractivity contribution in [3.8, 4) is 0 Å². The van der Waals surface area contributed by atoms with Gasteiger partial charge in [0.2, 0.25) is 5.91 Å². The van der Waals surface area contributed by atoms with Crippen molar-refractivity contribution in [2.24, 2.45) is 0 Å². The van der Waals surface area contributed by atoms with E-state index in [1.165, 1.54) is 0 Å². The van der Waals surface area contributed by atoms with E-state index in [-0.39, 0.29) is 24.9 Å². The Morgan fingerprint density at radius 3 is 2.47 bits per heavy atom. The molecule has 0 aliphatic carbocycles. The van der Waals surface area contributed by atoms with Gasteiger partial charge in [-0.1, -0.05) is 25.1 Å². The molecule has 3 rings (SSSR count). The summed E-state index contributed by atoms with van der Waals surface area (Å²) >= 11 is 4.17. The second-order valence-electron chi connectivity index (χ2n) is 8.89. The summed E-state index contributed by atoms with van der Waals surface area (Å²) in [7, 11) is 0. The number of thiol groups is 1. The lowest BCUT2D eigenvalue weighted by atomic mass is 10.1. The van der Waals surface area contributed by atoms with Gasteiger partial charge in [0.15, 0.2) is 0 Å². The smallest absolute Gasteiger partial charge is 0.389 e. The molecule has 3 aromatic rings. The number of hydrogen-bond donors (Lipinski definition) is 3. The molecule has 0 saturated heterocycles. The van der Waals surface area contributed by atoms with Crippen molar-refractivity contribution in [2.45, 2.75) is 70.5 Å². The van der Waals surface area contributed by atoms with Crippen LogP contribution in [0.4, 0.5) is 13.2 Å². The standard InChI is InChI=1S/C26H30F3N3O3S/c1-3-5-22-31-23-16(2)12-18(14-30-24(33)21(36)6-4-11-26(27,28)29)13-20(23)32(22)15-17-7-9-19(10-8-17)25(34)35/h7-10,12-13,21,36H,3-6,11,14-15H2,1-2H3,(H,30,33)(H,34,35). The van der Waals surface area contributed by atoms with E-state index in [0.717, 1.165) is 46.4 Å². The number of imidazole rings is 1. The molecule has 0 spiro atoms. The number of nitrogens with zero attached hydrogens (tertiary/aromatic N) is 2. The van der Waals surface area contributed by atoms with E-state index < -0.39 is 29.7 Å². The maximum atomic E-state index is 12.4. The third-order valence-corrected chi connectivity index (χ3v) is 6.40. The van der Waals surface area contributed by atoms with Gasteiger partial charge in [-0.2, -0.15) is 25.8 Å². The Hall–Kier alpha value is -3.01. The molecule has 1 atom stereocenters. The van der Waals surface area contributed by atoms with Gasteiger partial charge in [-0.3, -0.25) is 4.79 Å². The minimum Gasteiger partial charge on any atom is -0.478 e. The summed E-state index contributed by atoms with van der Waals surface area (Å²) in [4.78, 5) is 28.4. The van der Waals surface area contributed by atoms with Crippen LogP contribution < -0.4 is 5.32 Å². The predicted octanol–water partition coefficient (Wildman–Crippen LogP) is 5.69. The number of alkyl halides is 3. The Morgan fingerprint density at radius 1 is 1.17 bits per heavy atom. The highest BCUT2D eigenvalue weighted by Crippen LogP contribution is 2.25. The first-order chi connectivity index (χ1) is 17.0. The molecule has 6 nitrogen and oxygen atoms in total. The fourth-order valence-electron chi connectivity index (χ4n) is 4.08. The number of hydrogen-bond acceptors (Lipinski definition) is 4.